The van der Waals surface area contributed by atoms with Crippen molar-refractivity contribution in [3.63, 3.8) is 0 Å². The summed E-state index contributed by atoms with van der Waals surface area (Å²) in [5, 5.41) is 16.8. The number of fused-ring (bicyclic) bond motifs is 4. The molecule has 0 spiro atoms. The van der Waals surface area contributed by atoms with Crippen molar-refractivity contribution in [1.29, 1.82) is 0 Å². The van der Waals surface area contributed by atoms with Gasteiger partial charge in [0.2, 0.25) is 11.1 Å². The Bertz CT molecular complexity index is 1800. The number of nitrogens with zero attached hydrogens (tertiary/aromatic N) is 7. The molecule has 12 heteroatoms. The molecule has 192 valence electrons. The van der Waals surface area contributed by atoms with Crippen LogP contribution >= 0.6 is 11.3 Å². The van der Waals surface area contributed by atoms with E-state index in [4.69, 9.17) is 9.72 Å². The lowest BCUT2D eigenvalue weighted by atomic mass is 10.2. The van der Waals surface area contributed by atoms with E-state index in [-0.39, 0.29) is 12.2 Å². The van der Waals surface area contributed by atoms with Gasteiger partial charge < -0.3 is 20.1 Å². The molecule has 0 fully saturated rings. The van der Waals surface area contributed by atoms with Crippen molar-refractivity contribution < 1.29 is 9.84 Å². The van der Waals surface area contributed by atoms with Crippen LogP contribution in [-0.4, -0.2) is 72.5 Å². The van der Waals surface area contributed by atoms with Crippen LogP contribution in [0.15, 0.2) is 71.1 Å². The quantitative estimate of drug-likeness (QED) is 0.307. The number of ether oxygens (including phenoxy) is 1. The number of hydrogen-bond donors (Lipinski definition) is 2. The van der Waals surface area contributed by atoms with E-state index in [1.165, 1.54) is 22.0 Å². The molecule has 6 rings (SSSR count). The average Bonchev–Trinajstić information content (AvgIpc) is 3.54. The fraction of sp³-hybridized carbons (Fsp3) is 0.192. The van der Waals surface area contributed by atoms with E-state index in [1.54, 1.807) is 23.0 Å². The molecule has 0 aliphatic rings. The minimum Gasteiger partial charge on any atom is -0.491 e. The first-order valence-electron chi connectivity index (χ1n) is 11.9. The van der Waals surface area contributed by atoms with E-state index in [1.807, 2.05) is 60.8 Å². The second-order valence-electron chi connectivity index (χ2n) is 9.00. The maximum absolute atomic E-state index is 13.6. The number of anilines is 2. The lowest BCUT2D eigenvalue weighted by Gasteiger charge is -2.16. The van der Waals surface area contributed by atoms with Gasteiger partial charge in [0.05, 0.1) is 5.52 Å². The Morgan fingerprint density at radius 2 is 1.89 bits per heavy atom. The predicted molar refractivity (Wildman–Crippen MR) is 147 cm³/mol. The van der Waals surface area contributed by atoms with Gasteiger partial charge in [0.15, 0.2) is 11.3 Å². The van der Waals surface area contributed by atoms with Gasteiger partial charge in [-0.2, -0.15) is 9.50 Å². The smallest absolute Gasteiger partial charge is 0.284 e. The van der Waals surface area contributed by atoms with Gasteiger partial charge >= 0.3 is 0 Å². The molecule has 4 heterocycles. The molecule has 0 amide bonds. The standard InChI is InChI=1S/C26H24N8O3S/c1-32(2)14-17(35)15-37-18-9-7-16(8-10-18)29-25-28-13-20-22(31-25)30-23-19-5-3-4-6-21(19)33(34(23)24(20)36)26-27-11-12-38-26/h3-13,17,35H,14-15H2,1-2H3,(H,28,29,31). The van der Waals surface area contributed by atoms with Crippen LogP contribution in [-0.2, 0) is 0 Å². The van der Waals surface area contributed by atoms with E-state index >= 15 is 0 Å². The first-order chi connectivity index (χ1) is 18.5. The molecule has 0 aliphatic carbocycles. The number of para-hydroxylation sites is 1. The first-order valence-corrected chi connectivity index (χ1v) is 12.8. The van der Waals surface area contributed by atoms with Crippen LogP contribution in [0.5, 0.6) is 5.75 Å². The summed E-state index contributed by atoms with van der Waals surface area (Å²) in [5.41, 5.74) is 2.08. The molecule has 38 heavy (non-hydrogen) atoms. The van der Waals surface area contributed by atoms with E-state index in [0.717, 1.165) is 16.6 Å². The number of benzene rings is 2. The number of aromatic nitrogens is 6. The van der Waals surface area contributed by atoms with Crippen LogP contribution in [0.1, 0.15) is 0 Å². The van der Waals surface area contributed by atoms with E-state index in [0.29, 0.717) is 40.1 Å². The van der Waals surface area contributed by atoms with Crippen molar-refractivity contribution in [3.8, 4) is 10.9 Å². The molecule has 1 atom stereocenters. The van der Waals surface area contributed by atoms with Gasteiger partial charge in [0.25, 0.3) is 5.56 Å². The second kappa shape index (κ2) is 9.82. The number of aliphatic hydroxyl groups excluding tert-OH is 1. The summed E-state index contributed by atoms with van der Waals surface area (Å²) in [6, 6.07) is 14.9. The number of nitrogens with one attached hydrogen (secondary N) is 1. The Morgan fingerprint density at radius 1 is 1.08 bits per heavy atom. The van der Waals surface area contributed by atoms with Crippen LogP contribution in [0.25, 0.3) is 32.7 Å². The monoisotopic (exact) mass is 528 g/mol. The van der Waals surface area contributed by atoms with Crippen molar-refractivity contribution in [2.45, 2.75) is 6.10 Å². The van der Waals surface area contributed by atoms with E-state index in [9.17, 15) is 9.90 Å². The van der Waals surface area contributed by atoms with Crippen LogP contribution in [0.2, 0.25) is 0 Å². The van der Waals surface area contributed by atoms with Crippen LogP contribution in [0, 0.1) is 0 Å². The van der Waals surface area contributed by atoms with Crippen molar-refractivity contribution in [3.05, 3.63) is 76.7 Å². The van der Waals surface area contributed by atoms with Crippen molar-refractivity contribution in [2.24, 2.45) is 0 Å². The van der Waals surface area contributed by atoms with Crippen molar-refractivity contribution in [1.82, 2.24) is 34.0 Å². The maximum Gasteiger partial charge on any atom is 0.284 e. The highest BCUT2D eigenvalue weighted by molar-refractivity contribution is 7.12. The number of hydrogen-bond acceptors (Lipinski definition) is 10. The molecule has 6 aromatic rings. The molecule has 0 radical (unpaired) electrons. The predicted octanol–water partition coefficient (Wildman–Crippen LogP) is 3.08. The molecule has 0 bridgehead atoms. The van der Waals surface area contributed by atoms with Crippen LogP contribution < -0.4 is 15.6 Å². The number of aliphatic hydroxyl groups is 1. The summed E-state index contributed by atoms with van der Waals surface area (Å²) in [7, 11) is 3.79. The minimum absolute atomic E-state index is 0.202. The van der Waals surface area contributed by atoms with Gasteiger partial charge in [-0.05, 0) is 50.5 Å². The molecule has 2 aromatic carbocycles. The Labute approximate surface area is 220 Å². The Hall–Kier alpha value is -4.39. The zero-order chi connectivity index (χ0) is 26.2. The summed E-state index contributed by atoms with van der Waals surface area (Å²) in [5.74, 6) is 0.953. The molecular formula is C26H24N8O3S. The highest BCUT2D eigenvalue weighted by Gasteiger charge is 2.19. The third kappa shape index (κ3) is 4.45. The largest absolute Gasteiger partial charge is 0.491 e. The Balaban J connectivity index is 1.32. The Morgan fingerprint density at radius 3 is 2.66 bits per heavy atom. The third-order valence-corrected chi connectivity index (χ3v) is 6.65. The van der Waals surface area contributed by atoms with Gasteiger partial charge in [0.1, 0.15) is 23.8 Å². The molecule has 11 nitrogen and oxygen atoms in total. The molecule has 0 saturated heterocycles. The van der Waals surface area contributed by atoms with Crippen molar-refractivity contribution >= 4 is 50.6 Å². The fourth-order valence-electron chi connectivity index (χ4n) is 4.28. The maximum atomic E-state index is 13.6. The zero-order valence-electron chi connectivity index (χ0n) is 20.6. The third-order valence-electron chi connectivity index (χ3n) is 5.91. The molecule has 0 aliphatic heterocycles. The fourth-order valence-corrected chi connectivity index (χ4v) is 4.93. The van der Waals surface area contributed by atoms with E-state index in [2.05, 4.69) is 20.3 Å². The summed E-state index contributed by atoms with van der Waals surface area (Å²) < 4.78 is 8.96. The number of rotatable bonds is 8. The van der Waals surface area contributed by atoms with Crippen molar-refractivity contribution in [2.75, 3.05) is 32.6 Å². The molecule has 1 unspecified atom stereocenters. The van der Waals surface area contributed by atoms with Gasteiger partial charge in [0, 0.05) is 35.4 Å². The van der Waals surface area contributed by atoms with Gasteiger partial charge in [-0.3, -0.25) is 4.79 Å². The van der Waals surface area contributed by atoms with Crippen LogP contribution in [0.3, 0.4) is 0 Å². The highest BCUT2D eigenvalue weighted by Crippen LogP contribution is 2.26. The van der Waals surface area contributed by atoms with Gasteiger partial charge in [-0.15, -0.1) is 11.3 Å². The van der Waals surface area contributed by atoms with Gasteiger partial charge in [-0.25, -0.2) is 19.6 Å². The summed E-state index contributed by atoms with van der Waals surface area (Å²) in [6.45, 7) is 0.724. The van der Waals surface area contributed by atoms with Gasteiger partial charge in [-0.1, -0.05) is 12.1 Å². The summed E-state index contributed by atoms with van der Waals surface area (Å²) in [4.78, 5) is 33.5. The zero-order valence-corrected chi connectivity index (χ0v) is 21.5. The van der Waals surface area contributed by atoms with Crippen LogP contribution in [0.4, 0.5) is 11.6 Å². The number of thiazole rings is 1. The summed E-state index contributed by atoms with van der Waals surface area (Å²) >= 11 is 1.44. The topological polar surface area (TPSA) is 123 Å². The normalized spacial score (nSPS) is 12.5. The molecule has 2 N–H and O–H groups in total. The SMILES string of the molecule is CN(C)CC(O)COc1ccc(Nc2ncc3c(=O)n4c(nc3n2)c2ccccc2n4-c2nccs2)cc1. The molecule has 0 saturated carbocycles. The molecule has 4 aromatic heterocycles. The minimum atomic E-state index is -0.576. The lowest BCUT2D eigenvalue weighted by Crippen LogP contribution is -2.30. The average molecular weight is 529 g/mol. The highest BCUT2D eigenvalue weighted by atomic mass is 32.1. The summed E-state index contributed by atoms with van der Waals surface area (Å²) in [6.07, 6.45) is 2.61. The Kier molecular flexibility index (Phi) is 6.19. The first kappa shape index (κ1) is 24.0. The van der Waals surface area contributed by atoms with E-state index < -0.39 is 6.10 Å². The lowest BCUT2D eigenvalue weighted by molar-refractivity contribution is 0.0831. The second-order valence-corrected chi connectivity index (χ2v) is 9.88. The molecular weight excluding hydrogens is 504 g/mol. The number of likely N-dealkylation sites (N-methyl/N-ethyl adjacent to an activating group) is 1.